The molecule has 0 aromatic heterocycles. The number of hydrogen-bond acceptors (Lipinski definition) is 3. The van der Waals surface area contributed by atoms with Crippen LogP contribution in [0, 0.1) is 0 Å². The molecule has 15 heavy (non-hydrogen) atoms. The number of esters is 1. The second kappa shape index (κ2) is 8.72. The Morgan fingerprint density at radius 3 is 2.07 bits per heavy atom. The normalized spacial score (nSPS) is 10.7. The molecule has 0 aliphatic heterocycles. The van der Waals surface area contributed by atoms with E-state index in [2.05, 4.69) is 6.92 Å². The summed E-state index contributed by atoms with van der Waals surface area (Å²) in [6.07, 6.45) is 1.05. The number of nitrogens with zero attached hydrogens (tertiary/aromatic N) is 1. The van der Waals surface area contributed by atoms with Crippen molar-refractivity contribution >= 4 is 5.97 Å². The molecule has 0 aliphatic rings. The molecule has 92 valence electrons. The summed E-state index contributed by atoms with van der Waals surface area (Å²) in [6.45, 7) is 13.0. The van der Waals surface area contributed by atoms with Crippen LogP contribution in [0.15, 0.2) is 0 Å². The van der Waals surface area contributed by atoms with Crippen LogP contribution in [0.2, 0.25) is 0 Å². The summed E-state index contributed by atoms with van der Waals surface area (Å²) in [5.74, 6) is -0.150. The van der Waals surface area contributed by atoms with Crippen LogP contribution in [0.25, 0.3) is 0 Å². The summed E-state index contributed by atoms with van der Waals surface area (Å²) < 4.78 is 5.17. The fraction of sp³-hybridized carbons (Fsp3) is 0.917. The fourth-order valence-electron chi connectivity index (χ4n) is 1.05. The number of likely N-dealkylation sites (N-methyl/N-ethyl adjacent to an activating group) is 1. The Hall–Kier alpha value is -0.570. The van der Waals surface area contributed by atoms with E-state index in [1.807, 2.05) is 46.6 Å². The van der Waals surface area contributed by atoms with Gasteiger partial charge in [0.15, 0.2) is 0 Å². The molecule has 3 nitrogen and oxygen atoms in total. The minimum Gasteiger partial charge on any atom is -0.459 e. The molecule has 0 fully saturated rings. The van der Waals surface area contributed by atoms with E-state index >= 15 is 0 Å². The van der Waals surface area contributed by atoms with Gasteiger partial charge >= 0.3 is 5.97 Å². The Balaban J connectivity index is 0. The van der Waals surface area contributed by atoms with E-state index in [4.69, 9.17) is 4.74 Å². The van der Waals surface area contributed by atoms with Gasteiger partial charge in [-0.25, -0.2) is 0 Å². The molecule has 3 heteroatoms. The van der Waals surface area contributed by atoms with Gasteiger partial charge in [-0.05, 0) is 40.8 Å². The van der Waals surface area contributed by atoms with Gasteiger partial charge in [0.1, 0.15) is 5.60 Å². The number of carbonyl (C=O) groups is 1. The van der Waals surface area contributed by atoms with E-state index in [0.29, 0.717) is 6.54 Å². The molecule has 0 aromatic rings. The molecule has 0 rings (SSSR count). The van der Waals surface area contributed by atoms with Crippen molar-refractivity contribution in [3.63, 3.8) is 0 Å². The summed E-state index contributed by atoms with van der Waals surface area (Å²) >= 11 is 0. The van der Waals surface area contributed by atoms with E-state index in [1.165, 1.54) is 0 Å². The minimum atomic E-state index is -0.371. The van der Waals surface area contributed by atoms with Gasteiger partial charge in [0.05, 0.1) is 6.54 Å². The first-order chi connectivity index (χ1) is 6.85. The van der Waals surface area contributed by atoms with Crippen molar-refractivity contribution in [3.8, 4) is 0 Å². The first-order valence-electron chi connectivity index (χ1n) is 5.75. The van der Waals surface area contributed by atoms with Crippen LogP contribution in [0.4, 0.5) is 0 Å². The van der Waals surface area contributed by atoms with Gasteiger partial charge in [-0.3, -0.25) is 9.69 Å². The predicted molar refractivity (Wildman–Crippen MR) is 65.0 cm³/mol. The highest BCUT2D eigenvalue weighted by molar-refractivity contribution is 5.72. The van der Waals surface area contributed by atoms with Crippen LogP contribution in [0.5, 0.6) is 0 Å². The Bertz CT molecular complexity index is 161. The maximum absolute atomic E-state index is 11.3. The van der Waals surface area contributed by atoms with Crippen molar-refractivity contribution in [1.29, 1.82) is 0 Å². The Kier molecular flexibility index (Phi) is 9.79. The van der Waals surface area contributed by atoms with Gasteiger partial charge in [0.25, 0.3) is 0 Å². The Morgan fingerprint density at radius 1 is 1.27 bits per heavy atom. The summed E-state index contributed by atoms with van der Waals surface area (Å²) in [5, 5.41) is 0. The van der Waals surface area contributed by atoms with Crippen LogP contribution in [-0.4, -0.2) is 36.6 Å². The quantitative estimate of drug-likeness (QED) is 0.678. The SMILES string of the molecule is CC.CCCN(C)CC(=O)OC(C)(C)C. The third kappa shape index (κ3) is 13.4. The van der Waals surface area contributed by atoms with E-state index < -0.39 is 0 Å². The van der Waals surface area contributed by atoms with Crippen LogP contribution < -0.4 is 0 Å². The Morgan fingerprint density at radius 2 is 1.73 bits per heavy atom. The van der Waals surface area contributed by atoms with E-state index in [1.54, 1.807) is 0 Å². The monoisotopic (exact) mass is 217 g/mol. The molecule has 0 N–H and O–H groups in total. The predicted octanol–water partition coefficient (Wildman–Crippen LogP) is 2.70. The number of rotatable bonds is 4. The molecule has 0 unspecified atom stereocenters. The maximum Gasteiger partial charge on any atom is 0.320 e. The van der Waals surface area contributed by atoms with Gasteiger partial charge in [0, 0.05) is 0 Å². The summed E-state index contributed by atoms with van der Waals surface area (Å²) in [4.78, 5) is 13.2. The molecular weight excluding hydrogens is 190 g/mol. The number of hydrogen-bond donors (Lipinski definition) is 0. The van der Waals surface area contributed by atoms with E-state index in [9.17, 15) is 4.79 Å². The van der Waals surface area contributed by atoms with Gasteiger partial charge in [-0.2, -0.15) is 0 Å². The first-order valence-corrected chi connectivity index (χ1v) is 5.75. The van der Waals surface area contributed by atoms with Gasteiger partial charge < -0.3 is 4.74 Å². The summed E-state index contributed by atoms with van der Waals surface area (Å²) in [6, 6.07) is 0. The van der Waals surface area contributed by atoms with Crippen LogP contribution in [0.1, 0.15) is 48.0 Å². The van der Waals surface area contributed by atoms with Crippen molar-refractivity contribution in [2.75, 3.05) is 20.1 Å². The van der Waals surface area contributed by atoms with Crippen LogP contribution in [-0.2, 0) is 9.53 Å². The molecule has 0 saturated heterocycles. The molecule has 0 bridgehead atoms. The second-order valence-electron chi connectivity index (χ2n) is 4.32. The zero-order valence-corrected chi connectivity index (χ0v) is 11.4. The van der Waals surface area contributed by atoms with E-state index in [0.717, 1.165) is 13.0 Å². The highest BCUT2D eigenvalue weighted by Gasteiger charge is 2.16. The van der Waals surface area contributed by atoms with E-state index in [-0.39, 0.29) is 11.6 Å². The highest BCUT2D eigenvalue weighted by Crippen LogP contribution is 2.06. The van der Waals surface area contributed by atoms with Crippen molar-refractivity contribution in [2.24, 2.45) is 0 Å². The minimum absolute atomic E-state index is 0.150. The first kappa shape index (κ1) is 16.8. The molecule has 0 radical (unpaired) electrons. The summed E-state index contributed by atoms with van der Waals surface area (Å²) in [5.41, 5.74) is -0.371. The lowest BCUT2D eigenvalue weighted by Crippen LogP contribution is -2.33. The molecule has 0 amide bonds. The van der Waals surface area contributed by atoms with Gasteiger partial charge in [-0.1, -0.05) is 20.8 Å². The van der Waals surface area contributed by atoms with Crippen molar-refractivity contribution in [3.05, 3.63) is 0 Å². The smallest absolute Gasteiger partial charge is 0.320 e. The van der Waals surface area contributed by atoms with Gasteiger partial charge in [0.2, 0.25) is 0 Å². The third-order valence-electron chi connectivity index (χ3n) is 1.42. The topological polar surface area (TPSA) is 29.5 Å². The average Bonchev–Trinajstić information content (AvgIpc) is 2.04. The lowest BCUT2D eigenvalue weighted by molar-refractivity contribution is -0.155. The van der Waals surface area contributed by atoms with Crippen molar-refractivity contribution < 1.29 is 9.53 Å². The van der Waals surface area contributed by atoms with Crippen LogP contribution in [0.3, 0.4) is 0 Å². The lowest BCUT2D eigenvalue weighted by Gasteiger charge is -2.22. The molecule has 0 atom stereocenters. The zero-order valence-electron chi connectivity index (χ0n) is 11.4. The van der Waals surface area contributed by atoms with Crippen molar-refractivity contribution in [2.45, 2.75) is 53.6 Å². The molecule has 0 heterocycles. The largest absolute Gasteiger partial charge is 0.459 e. The number of carbonyl (C=O) groups excluding carboxylic acids is 1. The fourth-order valence-corrected chi connectivity index (χ4v) is 1.05. The van der Waals surface area contributed by atoms with Crippen LogP contribution >= 0.6 is 0 Å². The zero-order chi connectivity index (χ0) is 12.5. The standard InChI is InChI=1S/C10H21NO2.C2H6/c1-6-7-11(5)8-9(12)13-10(2,3)4;1-2/h6-8H2,1-5H3;1-2H3. The van der Waals surface area contributed by atoms with Gasteiger partial charge in [-0.15, -0.1) is 0 Å². The lowest BCUT2D eigenvalue weighted by atomic mass is 10.2. The second-order valence-corrected chi connectivity index (χ2v) is 4.32. The number of ether oxygens (including phenoxy) is 1. The third-order valence-corrected chi connectivity index (χ3v) is 1.42. The molecule has 0 aromatic carbocycles. The Labute approximate surface area is 94.8 Å². The molecular formula is C12H27NO2. The molecule has 0 aliphatic carbocycles. The molecule has 0 saturated carbocycles. The maximum atomic E-state index is 11.3. The summed E-state index contributed by atoms with van der Waals surface area (Å²) in [7, 11) is 1.92. The van der Waals surface area contributed by atoms with Crippen molar-refractivity contribution in [1.82, 2.24) is 4.90 Å². The molecule has 0 spiro atoms. The highest BCUT2D eigenvalue weighted by atomic mass is 16.6. The average molecular weight is 217 g/mol.